The van der Waals surface area contributed by atoms with Crippen LogP contribution in [0.1, 0.15) is 11.1 Å². The summed E-state index contributed by atoms with van der Waals surface area (Å²) in [5, 5.41) is 9.18. The van der Waals surface area contributed by atoms with Gasteiger partial charge in [-0.15, -0.1) is 0 Å². The van der Waals surface area contributed by atoms with Crippen molar-refractivity contribution in [1.29, 1.82) is 0 Å². The van der Waals surface area contributed by atoms with Gasteiger partial charge in [0, 0.05) is 6.07 Å². The van der Waals surface area contributed by atoms with Crippen LogP contribution in [-0.2, 0) is 18.0 Å². The quantitative estimate of drug-likeness (QED) is 0.759. The molecule has 0 atom stereocenters. The lowest BCUT2D eigenvalue weighted by molar-refractivity contribution is 0.0888. The number of rotatable bonds is 8. The van der Waals surface area contributed by atoms with E-state index in [1.807, 2.05) is 30.3 Å². The zero-order valence-corrected chi connectivity index (χ0v) is 12.1. The molecule has 2 rings (SSSR count). The number of aliphatic hydroxyl groups excluding tert-OH is 1. The molecule has 2 aromatic carbocycles. The van der Waals surface area contributed by atoms with E-state index in [4.69, 9.17) is 14.2 Å². The summed E-state index contributed by atoms with van der Waals surface area (Å²) in [6, 6.07) is 15.4. The Morgan fingerprint density at radius 3 is 2.38 bits per heavy atom. The molecule has 0 spiro atoms. The molecule has 4 nitrogen and oxygen atoms in total. The van der Waals surface area contributed by atoms with Crippen molar-refractivity contribution in [3.63, 3.8) is 0 Å². The van der Waals surface area contributed by atoms with E-state index in [0.717, 1.165) is 11.1 Å². The molecular weight excluding hydrogens is 268 g/mol. The highest BCUT2D eigenvalue weighted by molar-refractivity contribution is 5.38. The number of benzene rings is 2. The van der Waals surface area contributed by atoms with Gasteiger partial charge in [0.25, 0.3) is 0 Å². The van der Waals surface area contributed by atoms with Gasteiger partial charge in [0.1, 0.15) is 18.1 Å². The summed E-state index contributed by atoms with van der Waals surface area (Å²) in [5.41, 5.74) is 1.90. The van der Waals surface area contributed by atoms with Crippen molar-refractivity contribution in [2.24, 2.45) is 0 Å². The molecule has 0 saturated carbocycles. The summed E-state index contributed by atoms with van der Waals surface area (Å²) in [5.74, 6) is 1.34. The number of hydrogen-bond donors (Lipinski definition) is 1. The maximum Gasteiger partial charge on any atom is 0.123 e. The van der Waals surface area contributed by atoms with Gasteiger partial charge < -0.3 is 19.3 Å². The van der Waals surface area contributed by atoms with Crippen LogP contribution in [-0.4, -0.2) is 25.4 Å². The first-order valence-electron chi connectivity index (χ1n) is 6.85. The fourth-order valence-corrected chi connectivity index (χ4v) is 1.91. The largest absolute Gasteiger partial charge is 0.497 e. The first-order valence-corrected chi connectivity index (χ1v) is 6.85. The lowest BCUT2D eigenvalue weighted by Crippen LogP contribution is -2.07. The maximum atomic E-state index is 9.18. The third-order valence-electron chi connectivity index (χ3n) is 2.97. The predicted molar refractivity (Wildman–Crippen MR) is 80.5 cm³/mol. The molecular formula is C17H20O4. The minimum atomic E-state index is -0.0436. The zero-order valence-electron chi connectivity index (χ0n) is 12.1. The van der Waals surface area contributed by atoms with Gasteiger partial charge in [-0.05, 0) is 23.3 Å². The van der Waals surface area contributed by atoms with Crippen molar-refractivity contribution in [2.45, 2.75) is 13.2 Å². The molecule has 4 heteroatoms. The summed E-state index contributed by atoms with van der Waals surface area (Å²) < 4.78 is 16.3. The predicted octanol–water partition coefficient (Wildman–Crippen LogP) is 2.78. The van der Waals surface area contributed by atoms with Gasteiger partial charge in [-0.3, -0.25) is 0 Å². The Kier molecular flexibility index (Phi) is 6.06. The fourth-order valence-electron chi connectivity index (χ4n) is 1.91. The van der Waals surface area contributed by atoms with E-state index in [-0.39, 0.29) is 6.61 Å². The summed E-state index contributed by atoms with van der Waals surface area (Å²) in [4.78, 5) is 0. The highest BCUT2D eigenvalue weighted by Gasteiger charge is 2.02. The molecule has 0 saturated heterocycles. The molecule has 0 bridgehead atoms. The third kappa shape index (κ3) is 5.10. The molecule has 0 aliphatic rings. The lowest BCUT2D eigenvalue weighted by atomic mass is 10.2. The van der Waals surface area contributed by atoms with Gasteiger partial charge in [-0.25, -0.2) is 0 Å². The first-order chi connectivity index (χ1) is 10.3. The topological polar surface area (TPSA) is 47.9 Å². The van der Waals surface area contributed by atoms with Crippen molar-refractivity contribution in [3.8, 4) is 11.5 Å². The Balaban J connectivity index is 1.75. The molecule has 112 valence electrons. The number of hydrogen-bond acceptors (Lipinski definition) is 4. The van der Waals surface area contributed by atoms with E-state index in [2.05, 4.69) is 0 Å². The highest BCUT2D eigenvalue weighted by Crippen LogP contribution is 2.22. The van der Waals surface area contributed by atoms with Gasteiger partial charge in [-0.1, -0.05) is 30.3 Å². The Hall–Kier alpha value is -2.04. The lowest BCUT2D eigenvalue weighted by Gasteiger charge is -2.10. The second-order valence-corrected chi connectivity index (χ2v) is 4.56. The molecule has 0 unspecified atom stereocenters. The van der Waals surface area contributed by atoms with Crippen molar-refractivity contribution >= 4 is 0 Å². The van der Waals surface area contributed by atoms with Crippen LogP contribution in [0.3, 0.4) is 0 Å². The molecule has 2 aromatic rings. The summed E-state index contributed by atoms with van der Waals surface area (Å²) >= 11 is 0. The smallest absolute Gasteiger partial charge is 0.123 e. The maximum absolute atomic E-state index is 9.18. The zero-order chi connectivity index (χ0) is 14.9. The molecule has 1 N–H and O–H groups in total. The molecule has 0 radical (unpaired) electrons. The minimum absolute atomic E-state index is 0.0436. The Bertz CT molecular complexity index is 517. The van der Waals surface area contributed by atoms with Gasteiger partial charge in [-0.2, -0.15) is 0 Å². The average molecular weight is 288 g/mol. The summed E-state index contributed by atoms with van der Waals surface area (Å²) in [7, 11) is 1.59. The van der Waals surface area contributed by atoms with Crippen LogP contribution in [0.25, 0.3) is 0 Å². The number of aliphatic hydroxyl groups is 1. The van der Waals surface area contributed by atoms with E-state index in [9.17, 15) is 5.11 Å². The molecule has 0 aromatic heterocycles. The second-order valence-electron chi connectivity index (χ2n) is 4.56. The van der Waals surface area contributed by atoms with Gasteiger partial charge in [0.05, 0.1) is 26.9 Å². The van der Waals surface area contributed by atoms with Crippen molar-refractivity contribution in [3.05, 3.63) is 59.7 Å². The number of ether oxygens (including phenoxy) is 3. The third-order valence-corrected chi connectivity index (χ3v) is 2.97. The van der Waals surface area contributed by atoms with Gasteiger partial charge >= 0.3 is 0 Å². The highest BCUT2D eigenvalue weighted by atomic mass is 16.5. The molecule has 0 aliphatic carbocycles. The van der Waals surface area contributed by atoms with E-state index in [0.29, 0.717) is 31.3 Å². The van der Waals surface area contributed by atoms with E-state index < -0.39 is 0 Å². The van der Waals surface area contributed by atoms with Crippen molar-refractivity contribution in [1.82, 2.24) is 0 Å². The Morgan fingerprint density at radius 2 is 1.67 bits per heavy atom. The molecule has 0 aliphatic heterocycles. The Morgan fingerprint density at radius 1 is 0.905 bits per heavy atom. The molecule has 21 heavy (non-hydrogen) atoms. The molecule has 0 amide bonds. The van der Waals surface area contributed by atoms with E-state index >= 15 is 0 Å². The van der Waals surface area contributed by atoms with E-state index in [1.54, 1.807) is 25.3 Å². The molecule has 0 heterocycles. The fraction of sp³-hybridized carbons (Fsp3) is 0.294. The standard InChI is InChI=1S/C17H20O4/c1-19-16-9-15(12-18)10-17(11-16)21-8-7-20-13-14-5-3-2-4-6-14/h2-6,9-11,18H,7-8,12-13H2,1H3. The van der Waals surface area contributed by atoms with Crippen LogP contribution in [0, 0.1) is 0 Å². The SMILES string of the molecule is COc1cc(CO)cc(OCCOCc2ccccc2)c1. The van der Waals surface area contributed by atoms with E-state index in [1.165, 1.54) is 0 Å². The average Bonchev–Trinajstić information content (AvgIpc) is 2.55. The summed E-state index contributed by atoms with van der Waals surface area (Å²) in [6.45, 7) is 1.48. The van der Waals surface area contributed by atoms with Crippen LogP contribution < -0.4 is 9.47 Å². The Labute approximate surface area is 124 Å². The van der Waals surface area contributed by atoms with Crippen LogP contribution in [0.4, 0.5) is 0 Å². The normalized spacial score (nSPS) is 10.4. The van der Waals surface area contributed by atoms with Crippen LogP contribution >= 0.6 is 0 Å². The van der Waals surface area contributed by atoms with Crippen molar-refractivity contribution in [2.75, 3.05) is 20.3 Å². The minimum Gasteiger partial charge on any atom is -0.497 e. The number of methoxy groups -OCH3 is 1. The van der Waals surface area contributed by atoms with Crippen LogP contribution in [0.15, 0.2) is 48.5 Å². The van der Waals surface area contributed by atoms with Gasteiger partial charge in [0.15, 0.2) is 0 Å². The van der Waals surface area contributed by atoms with Crippen LogP contribution in [0.5, 0.6) is 11.5 Å². The molecule has 0 fully saturated rings. The first kappa shape index (κ1) is 15.4. The second kappa shape index (κ2) is 8.29. The summed E-state index contributed by atoms with van der Waals surface area (Å²) in [6.07, 6.45) is 0. The van der Waals surface area contributed by atoms with Crippen molar-refractivity contribution < 1.29 is 19.3 Å². The monoisotopic (exact) mass is 288 g/mol. The van der Waals surface area contributed by atoms with Gasteiger partial charge in [0.2, 0.25) is 0 Å². The van der Waals surface area contributed by atoms with Crippen LogP contribution in [0.2, 0.25) is 0 Å².